The van der Waals surface area contributed by atoms with Crippen LogP contribution >= 0.6 is 0 Å². The number of hydrogen-bond donors (Lipinski definition) is 1. The first-order valence-corrected chi connectivity index (χ1v) is 8.69. The fourth-order valence-electron chi connectivity index (χ4n) is 2.61. The second-order valence-electron chi connectivity index (χ2n) is 6.37. The molecule has 1 heterocycles. The Bertz CT molecular complexity index is 848. The van der Waals surface area contributed by atoms with E-state index in [0.717, 1.165) is 28.8 Å². The van der Waals surface area contributed by atoms with Gasteiger partial charge in [-0.3, -0.25) is 0 Å². The molecule has 1 N–H and O–H groups in total. The maximum Gasteiger partial charge on any atom is 0.138 e. The molecule has 0 amide bonds. The van der Waals surface area contributed by atoms with Gasteiger partial charge in [0.25, 0.3) is 0 Å². The summed E-state index contributed by atoms with van der Waals surface area (Å²) in [6, 6.07) is 19.9. The van der Waals surface area contributed by atoms with Gasteiger partial charge in [0.1, 0.15) is 23.2 Å². The molecular weight excluding hydrogens is 324 g/mol. The van der Waals surface area contributed by atoms with Crippen molar-refractivity contribution < 1.29 is 4.74 Å². The summed E-state index contributed by atoms with van der Waals surface area (Å²) in [6.07, 6.45) is 0.161. The Hall–Kier alpha value is -3.08. The third-order valence-corrected chi connectivity index (χ3v) is 3.81. The molecule has 0 aliphatic rings. The van der Waals surface area contributed by atoms with Crippen molar-refractivity contribution in [3.63, 3.8) is 0 Å². The van der Waals surface area contributed by atoms with Crippen LogP contribution in [-0.4, -0.2) is 23.1 Å². The largest absolute Gasteiger partial charge is 0.491 e. The summed E-state index contributed by atoms with van der Waals surface area (Å²) < 4.78 is 5.68. The molecule has 26 heavy (non-hydrogen) atoms. The number of aryl methyl sites for hydroxylation is 1. The Balaban J connectivity index is 1.79. The van der Waals surface area contributed by atoms with Crippen molar-refractivity contribution in [1.82, 2.24) is 9.97 Å². The normalized spacial score (nSPS) is 10.7. The van der Waals surface area contributed by atoms with Gasteiger partial charge in [0.15, 0.2) is 0 Å². The van der Waals surface area contributed by atoms with Crippen LogP contribution in [-0.2, 0) is 0 Å². The number of hydrogen-bond acceptors (Lipinski definition) is 5. The van der Waals surface area contributed by atoms with E-state index in [-0.39, 0.29) is 6.10 Å². The van der Waals surface area contributed by atoms with Gasteiger partial charge in [-0.15, -0.1) is 0 Å². The Morgan fingerprint density at radius 2 is 1.65 bits per heavy atom. The minimum Gasteiger partial charge on any atom is -0.491 e. The number of para-hydroxylation sites is 1. The van der Waals surface area contributed by atoms with Crippen molar-refractivity contribution in [2.45, 2.75) is 26.9 Å². The number of anilines is 4. The summed E-state index contributed by atoms with van der Waals surface area (Å²) in [7, 11) is 2.00. The summed E-state index contributed by atoms with van der Waals surface area (Å²) >= 11 is 0. The zero-order valence-corrected chi connectivity index (χ0v) is 15.6. The number of benzene rings is 2. The van der Waals surface area contributed by atoms with Gasteiger partial charge in [-0.05, 0) is 57.2 Å². The minimum absolute atomic E-state index is 0.161. The monoisotopic (exact) mass is 348 g/mol. The number of rotatable bonds is 6. The lowest BCUT2D eigenvalue weighted by atomic mass is 10.3. The fraction of sp³-hybridized carbons (Fsp3) is 0.238. The molecule has 0 fully saturated rings. The van der Waals surface area contributed by atoms with Crippen molar-refractivity contribution in [3.05, 3.63) is 66.5 Å². The standard InChI is InChI=1S/C21H24N4O/c1-15(2)26-19-12-10-17(11-13-19)24-20-14-21(23-16(3)22-20)25(4)18-8-6-5-7-9-18/h5-15H,1-4H3,(H,22,23,24). The highest BCUT2D eigenvalue weighted by molar-refractivity contribution is 5.65. The molecule has 134 valence electrons. The van der Waals surface area contributed by atoms with Gasteiger partial charge < -0.3 is 15.0 Å². The van der Waals surface area contributed by atoms with E-state index in [1.165, 1.54) is 0 Å². The van der Waals surface area contributed by atoms with Crippen LogP contribution in [0.5, 0.6) is 5.75 Å². The van der Waals surface area contributed by atoms with Gasteiger partial charge in [-0.1, -0.05) is 18.2 Å². The molecule has 1 aromatic heterocycles. The van der Waals surface area contributed by atoms with Crippen molar-refractivity contribution in [3.8, 4) is 5.75 Å². The van der Waals surface area contributed by atoms with Gasteiger partial charge in [0.05, 0.1) is 6.10 Å². The van der Waals surface area contributed by atoms with E-state index in [9.17, 15) is 0 Å². The van der Waals surface area contributed by atoms with Gasteiger partial charge in [-0.25, -0.2) is 9.97 Å². The number of nitrogens with zero attached hydrogens (tertiary/aromatic N) is 3. The summed E-state index contributed by atoms with van der Waals surface area (Å²) in [4.78, 5) is 11.1. The minimum atomic E-state index is 0.161. The molecule has 2 aromatic carbocycles. The summed E-state index contributed by atoms with van der Waals surface area (Å²) in [6.45, 7) is 5.92. The van der Waals surface area contributed by atoms with E-state index in [0.29, 0.717) is 5.82 Å². The summed E-state index contributed by atoms with van der Waals surface area (Å²) in [5, 5.41) is 3.34. The Morgan fingerprint density at radius 1 is 0.962 bits per heavy atom. The van der Waals surface area contributed by atoms with Crippen LogP contribution in [0.25, 0.3) is 0 Å². The molecule has 0 aliphatic heterocycles. The average Bonchev–Trinajstić information content (AvgIpc) is 2.62. The molecule has 0 atom stereocenters. The summed E-state index contributed by atoms with van der Waals surface area (Å²) in [5.41, 5.74) is 2.03. The van der Waals surface area contributed by atoms with E-state index in [1.807, 2.05) is 81.2 Å². The molecule has 0 unspecified atom stereocenters. The van der Waals surface area contributed by atoms with Crippen LogP contribution < -0.4 is 15.0 Å². The average molecular weight is 348 g/mol. The molecule has 3 aromatic rings. The molecule has 0 radical (unpaired) electrons. The highest BCUT2D eigenvalue weighted by atomic mass is 16.5. The second kappa shape index (κ2) is 7.87. The van der Waals surface area contributed by atoms with Crippen LogP contribution in [0.4, 0.5) is 23.0 Å². The van der Waals surface area contributed by atoms with E-state index < -0.39 is 0 Å². The third-order valence-electron chi connectivity index (χ3n) is 3.81. The first kappa shape index (κ1) is 17.7. The SMILES string of the molecule is Cc1nc(Nc2ccc(OC(C)C)cc2)cc(N(C)c2ccccc2)n1. The van der Waals surface area contributed by atoms with Crippen LogP contribution in [0.3, 0.4) is 0 Å². The first-order chi connectivity index (χ1) is 12.5. The molecule has 0 aliphatic carbocycles. The zero-order valence-electron chi connectivity index (χ0n) is 15.6. The molecule has 5 heteroatoms. The predicted molar refractivity (Wildman–Crippen MR) is 107 cm³/mol. The van der Waals surface area contributed by atoms with E-state index in [4.69, 9.17) is 4.74 Å². The Morgan fingerprint density at radius 3 is 2.31 bits per heavy atom. The van der Waals surface area contributed by atoms with Crippen LogP contribution in [0, 0.1) is 6.92 Å². The quantitative estimate of drug-likeness (QED) is 0.673. The number of nitrogens with one attached hydrogen (secondary N) is 1. The van der Waals surface area contributed by atoms with Gasteiger partial charge >= 0.3 is 0 Å². The summed E-state index contributed by atoms with van der Waals surface area (Å²) in [5.74, 6) is 3.17. The topological polar surface area (TPSA) is 50.3 Å². The van der Waals surface area contributed by atoms with Crippen molar-refractivity contribution in [2.75, 3.05) is 17.3 Å². The predicted octanol–water partition coefficient (Wildman–Crippen LogP) is 5.08. The van der Waals surface area contributed by atoms with Crippen LogP contribution in [0.2, 0.25) is 0 Å². The van der Waals surface area contributed by atoms with E-state index in [2.05, 4.69) is 27.4 Å². The lowest BCUT2D eigenvalue weighted by molar-refractivity contribution is 0.242. The van der Waals surface area contributed by atoms with Gasteiger partial charge in [-0.2, -0.15) is 0 Å². The Kier molecular flexibility index (Phi) is 5.37. The van der Waals surface area contributed by atoms with Crippen molar-refractivity contribution in [2.24, 2.45) is 0 Å². The van der Waals surface area contributed by atoms with E-state index >= 15 is 0 Å². The molecule has 0 bridgehead atoms. The zero-order chi connectivity index (χ0) is 18.5. The van der Waals surface area contributed by atoms with Crippen molar-refractivity contribution >= 4 is 23.0 Å². The van der Waals surface area contributed by atoms with Gasteiger partial charge in [0.2, 0.25) is 0 Å². The highest BCUT2D eigenvalue weighted by Crippen LogP contribution is 2.25. The maximum atomic E-state index is 5.68. The molecule has 0 saturated carbocycles. The van der Waals surface area contributed by atoms with Crippen molar-refractivity contribution in [1.29, 1.82) is 0 Å². The lowest BCUT2D eigenvalue weighted by Gasteiger charge is -2.19. The number of aromatic nitrogens is 2. The van der Waals surface area contributed by atoms with E-state index in [1.54, 1.807) is 0 Å². The molecule has 5 nitrogen and oxygen atoms in total. The smallest absolute Gasteiger partial charge is 0.138 e. The third kappa shape index (κ3) is 4.51. The Labute approximate surface area is 154 Å². The molecule has 3 rings (SSSR count). The fourth-order valence-corrected chi connectivity index (χ4v) is 2.61. The molecule has 0 saturated heterocycles. The van der Waals surface area contributed by atoms with Crippen LogP contribution in [0.15, 0.2) is 60.7 Å². The molecule has 0 spiro atoms. The number of ether oxygens (including phenoxy) is 1. The first-order valence-electron chi connectivity index (χ1n) is 8.69. The highest BCUT2D eigenvalue weighted by Gasteiger charge is 2.09. The second-order valence-corrected chi connectivity index (χ2v) is 6.37. The molecular formula is C21H24N4O. The lowest BCUT2D eigenvalue weighted by Crippen LogP contribution is -2.12. The van der Waals surface area contributed by atoms with Gasteiger partial charge in [0, 0.05) is 24.5 Å². The maximum absolute atomic E-state index is 5.68. The van der Waals surface area contributed by atoms with Crippen LogP contribution in [0.1, 0.15) is 19.7 Å².